The summed E-state index contributed by atoms with van der Waals surface area (Å²) in [6, 6.07) is 2.08. The third-order valence-electron chi connectivity index (χ3n) is 2.74. The molecule has 5 nitrogen and oxygen atoms in total. The van der Waals surface area contributed by atoms with E-state index in [-0.39, 0.29) is 0 Å². The van der Waals surface area contributed by atoms with Gasteiger partial charge in [-0.3, -0.25) is 0 Å². The number of aromatic nitrogens is 3. The number of rotatable bonds is 2. The highest BCUT2D eigenvalue weighted by Gasteiger charge is 2.17. The Bertz CT molecular complexity index is 623. The maximum atomic E-state index is 9.10. The van der Waals surface area contributed by atoms with Crippen molar-refractivity contribution in [1.29, 1.82) is 5.26 Å². The standard InChI is InChI=1S/C11H13N5S/c1-4-8-6(2)10-14-11(17-3)7(5-12)9(13)16(10)15-8/h4,13H2,1-3H3. The van der Waals surface area contributed by atoms with Crippen LogP contribution in [0.3, 0.4) is 0 Å². The molecule has 0 aliphatic heterocycles. The number of anilines is 1. The SMILES string of the molecule is CCc1nn2c(N)c(C#N)c(SC)nc2c1C. The number of aryl methyl sites for hydroxylation is 2. The zero-order valence-electron chi connectivity index (χ0n) is 9.98. The van der Waals surface area contributed by atoms with Gasteiger partial charge in [0.25, 0.3) is 0 Å². The molecule has 0 atom stereocenters. The maximum absolute atomic E-state index is 9.10. The molecule has 0 aliphatic carbocycles. The van der Waals surface area contributed by atoms with Gasteiger partial charge in [0.15, 0.2) is 5.65 Å². The van der Waals surface area contributed by atoms with Crippen LogP contribution in [0.4, 0.5) is 5.82 Å². The molecule has 0 aromatic carbocycles. The Morgan fingerprint density at radius 1 is 1.53 bits per heavy atom. The number of thioether (sulfide) groups is 1. The van der Waals surface area contributed by atoms with Crippen molar-refractivity contribution >= 4 is 23.2 Å². The summed E-state index contributed by atoms with van der Waals surface area (Å²) >= 11 is 1.42. The average Bonchev–Trinajstić information content (AvgIpc) is 2.66. The van der Waals surface area contributed by atoms with Gasteiger partial charge in [0, 0.05) is 5.56 Å². The number of nitrogens with two attached hydrogens (primary N) is 1. The van der Waals surface area contributed by atoms with E-state index >= 15 is 0 Å². The van der Waals surface area contributed by atoms with Crippen molar-refractivity contribution < 1.29 is 0 Å². The summed E-state index contributed by atoms with van der Waals surface area (Å²) in [5.41, 5.74) is 9.10. The average molecular weight is 247 g/mol. The molecule has 17 heavy (non-hydrogen) atoms. The fourth-order valence-electron chi connectivity index (χ4n) is 1.79. The first-order valence-corrected chi connectivity index (χ1v) is 6.48. The van der Waals surface area contributed by atoms with Crippen LogP contribution in [0.15, 0.2) is 5.03 Å². The maximum Gasteiger partial charge on any atom is 0.161 e. The molecule has 0 bridgehead atoms. The minimum Gasteiger partial charge on any atom is -0.382 e. The van der Waals surface area contributed by atoms with Crippen LogP contribution in [-0.2, 0) is 6.42 Å². The molecule has 0 amide bonds. The predicted octanol–water partition coefficient (Wildman–Crippen LogP) is 1.78. The number of hydrogen-bond donors (Lipinski definition) is 1. The lowest BCUT2D eigenvalue weighted by molar-refractivity contribution is 0.879. The second-order valence-electron chi connectivity index (χ2n) is 3.65. The Balaban J connectivity index is 2.89. The highest BCUT2D eigenvalue weighted by molar-refractivity contribution is 7.98. The Hall–Kier alpha value is -1.74. The van der Waals surface area contributed by atoms with Gasteiger partial charge in [0.2, 0.25) is 0 Å². The number of nitrogen functional groups attached to an aromatic ring is 1. The lowest BCUT2D eigenvalue weighted by Crippen LogP contribution is -2.05. The van der Waals surface area contributed by atoms with E-state index in [4.69, 9.17) is 11.0 Å². The molecule has 0 saturated carbocycles. The van der Waals surface area contributed by atoms with Gasteiger partial charge in [-0.1, -0.05) is 6.92 Å². The normalized spacial score (nSPS) is 10.7. The summed E-state index contributed by atoms with van der Waals surface area (Å²) in [7, 11) is 0. The minimum absolute atomic E-state index is 0.365. The lowest BCUT2D eigenvalue weighted by Gasteiger charge is -2.05. The Morgan fingerprint density at radius 3 is 2.76 bits per heavy atom. The van der Waals surface area contributed by atoms with E-state index in [1.807, 2.05) is 20.1 Å². The summed E-state index contributed by atoms with van der Waals surface area (Å²) in [6.45, 7) is 4.01. The molecule has 2 rings (SSSR count). The van der Waals surface area contributed by atoms with Gasteiger partial charge < -0.3 is 5.73 Å². The molecular weight excluding hydrogens is 234 g/mol. The van der Waals surface area contributed by atoms with Gasteiger partial charge in [0.1, 0.15) is 22.5 Å². The molecule has 2 N–H and O–H groups in total. The van der Waals surface area contributed by atoms with Crippen LogP contribution >= 0.6 is 11.8 Å². The van der Waals surface area contributed by atoms with Gasteiger partial charge in [-0.05, 0) is 19.6 Å². The van der Waals surface area contributed by atoms with Gasteiger partial charge in [0.05, 0.1) is 5.69 Å². The number of hydrogen-bond acceptors (Lipinski definition) is 5. The van der Waals surface area contributed by atoms with Crippen molar-refractivity contribution in [2.75, 3.05) is 12.0 Å². The van der Waals surface area contributed by atoms with E-state index in [0.717, 1.165) is 23.3 Å². The molecular formula is C11H13N5S. The van der Waals surface area contributed by atoms with Gasteiger partial charge in [-0.25, -0.2) is 4.98 Å². The van der Waals surface area contributed by atoms with Crippen LogP contribution in [0.1, 0.15) is 23.7 Å². The first-order valence-electron chi connectivity index (χ1n) is 5.25. The van der Waals surface area contributed by atoms with E-state index in [1.54, 1.807) is 4.52 Å². The van der Waals surface area contributed by atoms with Crippen LogP contribution in [0.2, 0.25) is 0 Å². The van der Waals surface area contributed by atoms with Crippen LogP contribution in [-0.4, -0.2) is 20.9 Å². The van der Waals surface area contributed by atoms with E-state index in [9.17, 15) is 0 Å². The van der Waals surface area contributed by atoms with Crippen LogP contribution < -0.4 is 5.73 Å². The zero-order valence-corrected chi connectivity index (χ0v) is 10.8. The van der Waals surface area contributed by atoms with E-state index in [1.165, 1.54) is 11.8 Å². The fraction of sp³-hybridized carbons (Fsp3) is 0.364. The third-order valence-corrected chi connectivity index (χ3v) is 3.42. The van der Waals surface area contributed by atoms with Crippen LogP contribution in [0.5, 0.6) is 0 Å². The van der Waals surface area contributed by atoms with Gasteiger partial charge in [-0.15, -0.1) is 11.8 Å². The summed E-state index contributed by atoms with van der Waals surface area (Å²) in [4.78, 5) is 4.45. The second kappa shape index (κ2) is 4.26. The zero-order chi connectivity index (χ0) is 12.6. The van der Waals surface area contributed by atoms with Crippen molar-refractivity contribution in [2.24, 2.45) is 0 Å². The molecule has 2 aromatic rings. The van der Waals surface area contributed by atoms with Crippen LogP contribution in [0.25, 0.3) is 5.65 Å². The monoisotopic (exact) mass is 247 g/mol. The topological polar surface area (TPSA) is 80.0 Å². The van der Waals surface area contributed by atoms with Crippen LogP contribution in [0, 0.1) is 18.3 Å². The summed E-state index contributed by atoms with van der Waals surface area (Å²) in [5, 5.41) is 14.1. The van der Waals surface area contributed by atoms with Gasteiger partial charge >= 0.3 is 0 Å². The molecule has 88 valence electrons. The summed E-state index contributed by atoms with van der Waals surface area (Å²) in [6.07, 6.45) is 2.71. The van der Waals surface area contributed by atoms with Crippen molar-refractivity contribution in [1.82, 2.24) is 14.6 Å². The molecule has 0 radical (unpaired) electrons. The Kier molecular flexibility index (Phi) is 2.94. The van der Waals surface area contributed by atoms with Crippen molar-refractivity contribution in [3.8, 4) is 6.07 Å². The fourth-order valence-corrected chi connectivity index (χ4v) is 2.32. The van der Waals surface area contributed by atoms with E-state index in [0.29, 0.717) is 16.4 Å². The molecule has 0 unspecified atom stereocenters. The second-order valence-corrected chi connectivity index (χ2v) is 4.45. The first kappa shape index (κ1) is 11.7. The smallest absolute Gasteiger partial charge is 0.161 e. The highest BCUT2D eigenvalue weighted by Crippen LogP contribution is 2.26. The molecule has 2 aromatic heterocycles. The van der Waals surface area contributed by atoms with E-state index < -0.39 is 0 Å². The highest BCUT2D eigenvalue weighted by atomic mass is 32.2. The molecule has 0 spiro atoms. The molecule has 0 fully saturated rings. The number of fused-ring (bicyclic) bond motifs is 1. The summed E-state index contributed by atoms with van der Waals surface area (Å²) in [5.74, 6) is 0.365. The van der Waals surface area contributed by atoms with Crippen molar-refractivity contribution in [2.45, 2.75) is 25.3 Å². The number of nitriles is 1. The minimum atomic E-state index is 0.365. The molecule has 0 saturated heterocycles. The largest absolute Gasteiger partial charge is 0.382 e. The summed E-state index contributed by atoms with van der Waals surface area (Å²) < 4.78 is 1.56. The van der Waals surface area contributed by atoms with Gasteiger partial charge in [-0.2, -0.15) is 14.9 Å². The molecule has 0 aliphatic rings. The van der Waals surface area contributed by atoms with Crippen molar-refractivity contribution in [3.63, 3.8) is 0 Å². The molecule has 2 heterocycles. The van der Waals surface area contributed by atoms with Crippen molar-refractivity contribution in [3.05, 3.63) is 16.8 Å². The lowest BCUT2D eigenvalue weighted by atomic mass is 10.2. The Labute approximate surface area is 104 Å². The molecule has 6 heteroatoms. The first-order chi connectivity index (χ1) is 8.13. The quantitative estimate of drug-likeness (QED) is 0.646. The Morgan fingerprint density at radius 2 is 2.24 bits per heavy atom. The van der Waals surface area contributed by atoms with E-state index in [2.05, 4.69) is 16.2 Å². The number of nitrogens with zero attached hydrogens (tertiary/aromatic N) is 4. The third kappa shape index (κ3) is 1.63. The predicted molar refractivity (Wildman–Crippen MR) is 68.0 cm³/mol.